The molecule has 2 aliphatic heterocycles. The molecule has 0 unspecified atom stereocenters. The molecule has 2 saturated heterocycles. The van der Waals surface area contributed by atoms with Gasteiger partial charge in [0, 0.05) is 26.3 Å². The SMILES string of the molecule is CNCC1(CN2CCC(C(F)(F)F)CC2)CCOCC1. The molecule has 0 spiro atoms. The Kier molecular flexibility index (Phi) is 5.31. The average molecular weight is 294 g/mol. The fourth-order valence-corrected chi connectivity index (χ4v) is 3.46. The van der Waals surface area contributed by atoms with E-state index in [0.29, 0.717) is 13.1 Å². The van der Waals surface area contributed by atoms with Crippen molar-refractivity contribution in [2.45, 2.75) is 31.9 Å². The molecule has 2 fully saturated rings. The number of rotatable bonds is 4. The van der Waals surface area contributed by atoms with E-state index in [9.17, 15) is 13.2 Å². The van der Waals surface area contributed by atoms with E-state index in [0.717, 1.165) is 39.1 Å². The number of likely N-dealkylation sites (tertiary alicyclic amines) is 1. The Balaban J connectivity index is 1.86. The van der Waals surface area contributed by atoms with Crippen molar-refractivity contribution < 1.29 is 17.9 Å². The lowest BCUT2D eigenvalue weighted by atomic mass is 9.79. The zero-order valence-corrected chi connectivity index (χ0v) is 12.1. The van der Waals surface area contributed by atoms with E-state index in [-0.39, 0.29) is 18.3 Å². The van der Waals surface area contributed by atoms with Gasteiger partial charge in [0.15, 0.2) is 0 Å². The maximum atomic E-state index is 12.7. The van der Waals surface area contributed by atoms with Crippen LogP contribution in [0, 0.1) is 11.3 Å². The van der Waals surface area contributed by atoms with E-state index < -0.39 is 12.1 Å². The summed E-state index contributed by atoms with van der Waals surface area (Å²) in [5.74, 6) is -1.10. The Bertz CT molecular complexity index is 290. The molecule has 0 aliphatic carbocycles. The molecule has 0 aromatic carbocycles. The molecule has 1 N–H and O–H groups in total. The summed E-state index contributed by atoms with van der Waals surface area (Å²) in [4.78, 5) is 2.21. The van der Waals surface area contributed by atoms with Gasteiger partial charge in [0.2, 0.25) is 0 Å². The molecular formula is C14H25F3N2O. The van der Waals surface area contributed by atoms with Gasteiger partial charge in [-0.25, -0.2) is 0 Å². The van der Waals surface area contributed by atoms with E-state index in [1.165, 1.54) is 0 Å². The van der Waals surface area contributed by atoms with E-state index in [1.807, 2.05) is 7.05 Å². The minimum atomic E-state index is -4.02. The van der Waals surface area contributed by atoms with Crippen LogP contribution in [0.4, 0.5) is 13.2 Å². The van der Waals surface area contributed by atoms with E-state index in [4.69, 9.17) is 4.74 Å². The number of nitrogens with zero attached hydrogens (tertiary/aromatic N) is 1. The quantitative estimate of drug-likeness (QED) is 0.861. The summed E-state index contributed by atoms with van der Waals surface area (Å²) in [6.07, 6.45) is -1.54. The Hall–Kier alpha value is -0.330. The van der Waals surface area contributed by atoms with E-state index in [2.05, 4.69) is 10.2 Å². The maximum absolute atomic E-state index is 12.7. The lowest BCUT2D eigenvalue weighted by Crippen LogP contribution is -2.49. The minimum Gasteiger partial charge on any atom is -0.381 e. The molecular weight excluding hydrogens is 269 g/mol. The Labute approximate surface area is 118 Å². The summed E-state index contributed by atoms with van der Waals surface area (Å²) in [5.41, 5.74) is 0.165. The molecule has 2 rings (SSSR count). The molecule has 20 heavy (non-hydrogen) atoms. The predicted octanol–water partition coefficient (Wildman–Crippen LogP) is 2.28. The van der Waals surface area contributed by atoms with Gasteiger partial charge < -0.3 is 15.0 Å². The molecule has 2 aliphatic rings. The third-order valence-electron chi connectivity index (χ3n) is 4.71. The van der Waals surface area contributed by atoms with Crippen LogP contribution in [0.1, 0.15) is 25.7 Å². The van der Waals surface area contributed by atoms with Crippen LogP contribution in [-0.4, -0.2) is 57.5 Å². The summed E-state index contributed by atoms with van der Waals surface area (Å²) in [6.45, 7) is 4.46. The van der Waals surface area contributed by atoms with Gasteiger partial charge in [-0.2, -0.15) is 13.2 Å². The van der Waals surface area contributed by atoms with Crippen molar-refractivity contribution in [3.8, 4) is 0 Å². The van der Waals surface area contributed by atoms with Gasteiger partial charge in [0.1, 0.15) is 0 Å². The first-order valence-corrected chi connectivity index (χ1v) is 7.47. The largest absolute Gasteiger partial charge is 0.391 e. The van der Waals surface area contributed by atoms with Crippen LogP contribution in [0.25, 0.3) is 0 Å². The Morgan fingerprint density at radius 1 is 1.20 bits per heavy atom. The molecule has 0 saturated carbocycles. The van der Waals surface area contributed by atoms with Crippen LogP contribution in [0.2, 0.25) is 0 Å². The van der Waals surface area contributed by atoms with Crippen molar-refractivity contribution in [1.82, 2.24) is 10.2 Å². The molecule has 0 atom stereocenters. The number of hydrogen-bond donors (Lipinski definition) is 1. The second-order valence-electron chi connectivity index (χ2n) is 6.23. The highest BCUT2D eigenvalue weighted by Crippen LogP contribution is 2.36. The van der Waals surface area contributed by atoms with Crippen LogP contribution in [0.5, 0.6) is 0 Å². The van der Waals surface area contributed by atoms with Crippen molar-refractivity contribution in [3.63, 3.8) is 0 Å². The monoisotopic (exact) mass is 294 g/mol. The van der Waals surface area contributed by atoms with E-state index in [1.54, 1.807) is 0 Å². The Morgan fingerprint density at radius 3 is 2.30 bits per heavy atom. The van der Waals surface area contributed by atoms with Crippen LogP contribution >= 0.6 is 0 Å². The zero-order valence-electron chi connectivity index (χ0n) is 12.1. The Morgan fingerprint density at radius 2 is 1.80 bits per heavy atom. The van der Waals surface area contributed by atoms with Gasteiger partial charge in [-0.05, 0) is 51.2 Å². The van der Waals surface area contributed by atoms with Gasteiger partial charge in [-0.3, -0.25) is 0 Å². The first-order valence-electron chi connectivity index (χ1n) is 7.47. The van der Waals surface area contributed by atoms with Gasteiger partial charge in [-0.15, -0.1) is 0 Å². The highest BCUT2D eigenvalue weighted by molar-refractivity contribution is 4.88. The topological polar surface area (TPSA) is 24.5 Å². The lowest BCUT2D eigenvalue weighted by Gasteiger charge is -2.43. The maximum Gasteiger partial charge on any atom is 0.391 e. The van der Waals surface area contributed by atoms with Gasteiger partial charge >= 0.3 is 6.18 Å². The smallest absolute Gasteiger partial charge is 0.381 e. The molecule has 6 heteroatoms. The van der Waals surface area contributed by atoms with Crippen molar-refractivity contribution in [2.75, 3.05) is 46.4 Å². The number of alkyl halides is 3. The van der Waals surface area contributed by atoms with Crippen LogP contribution in [-0.2, 0) is 4.74 Å². The number of halogens is 3. The summed E-state index contributed by atoms with van der Waals surface area (Å²) in [5, 5.41) is 3.24. The fourth-order valence-electron chi connectivity index (χ4n) is 3.46. The van der Waals surface area contributed by atoms with Crippen LogP contribution in [0.15, 0.2) is 0 Å². The highest BCUT2D eigenvalue weighted by Gasteiger charge is 2.42. The van der Waals surface area contributed by atoms with Crippen LogP contribution in [0.3, 0.4) is 0 Å². The number of ether oxygens (including phenoxy) is 1. The molecule has 0 amide bonds. The summed E-state index contributed by atoms with van der Waals surface area (Å²) >= 11 is 0. The molecule has 0 aromatic heterocycles. The number of hydrogen-bond acceptors (Lipinski definition) is 3. The summed E-state index contributed by atoms with van der Waals surface area (Å²) in [6, 6.07) is 0. The molecule has 0 bridgehead atoms. The van der Waals surface area contributed by atoms with Gasteiger partial charge in [0.05, 0.1) is 5.92 Å². The normalized spacial score (nSPS) is 25.8. The molecule has 3 nitrogen and oxygen atoms in total. The molecule has 0 radical (unpaired) electrons. The van der Waals surface area contributed by atoms with Crippen molar-refractivity contribution in [1.29, 1.82) is 0 Å². The zero-order chi connectivity index (χ0) is 14.6. The standard InChI is InChI=1S/C14H25F3N2O/c1-18-10-13(4-8-20-9-5-13)11-19-6-2-12(3-7-19)14(15,16)17/h12,18H,2-11H2,1H3. The highest BCUT2D eigenvalue weighted by atomic mass is 19.4. The van der Waals surface area contributed by atoms with Crippen molar-refractivity contribution >= 4 is 0 Å². The van der Waals surface area contributed by atoms with Gasteiger partial charge in [-0.1, -0.05) is 0 Å². The predicted molar refractivity (Wildman–Crippen MR) is 71.6 cm³/mol. The molecule has 0 aromatic rings. The minimum absolute atomic E-state index is 0.165. The first kappa shape index (κ1) is 16.0. The fraction of sp³-hybridized carbons (Fsp3) is 1.00. The first-order chi connectivity index (χ1) is 9.45. The average Bonchev–Trinajstić information content (AvgIpc) is 2.39. The number of nitrogens with one attached hydrogen (secondary N) is 1. The molecule has 2 heterocycles. The third-order valence-corrected chi connectivity index (χ3v) is 4.71. The molecule has 118 valence electrons. The van der Waals surface area contributed by atoms with Crippen molar-refractivity contribution in [2.24, 2.45) is 11.3 Å². The van der Waals surface area contributed by atoms with E-state index >= 15 is 0 Å². The summed E-state index contributed by atoms with van der Waals surface area (Å²) < 4.78 is 43.5. The third kappa shape index (κ3) is 4.09. The summed E-state index contributed by atoms with van der Waals surface area (Å²) in [7, 11) is 1.94. The van der Waals surface area contributed by atoms with Crippen LogP contribution < -0.4 is 5.32 Å². The number of piperidine rings is 1. The van der Waals surface area contributed by atoms with Crippen molar-refractivity contribution in [3.05, 3.63) is 0 Å². The van der Waals surface area contributed by atoms with Gasteiger partial charge in [0.25, 0.3) is 0 Å². The second kappa shape index (κ2) is 6.62. The lowest BCUT2D eigenvalue weighted by molar-refractivity contribution is -0.186. The second-order valence-corrected chi connectivity index (χ2v) is 6.23.